The van der Waals surface area contributed by atoms with E-state index in [0.717, 1.165) is 31.4 Å². The predicted molar refractivity (Wildman–Crippen MR) is 128 cm³/mol. The zero-order valence-corrected chi connectivity index (χ0v) is 21.0. The molecule has 0 aliphatic heterocycles. The van der Waals surface area contributed by atoms with Crippen molar-refractivity contribution in [3.05, 3.63) is 53.8 Å². The number of carbonyl (C=O) groups is 2. The van der Waals surface area contributed by atoms with Gasteiger partial charge in [0.25, 0.3) is 6.73 Å². The molecule has 1 heterocycles. The van der Waals surface area contributed by atoms with E-state index < -0.39 is 18.6 Å². The van der Waals surface area contributed by atoms with Gasteiger partial charge in [0.2, 0.25) is 5.96 Å². The number of pyridine rings is 1. The number of alkyl carbamates (subject to hydrolysis) is 1. The number of hydrogen-bond acceptors (Lipinski definition) is 6. The van der Waals surface area contributed by atoms with Crippen molar-refractivity contribution in [3.8, 4) is 11.9 Å². The summed E-state index contributed by atoms with van der Waals surface area (Å²) in [4.78, 5) is 23.1. The van der Waals surface area contributed by atoms with Gasteiger partial charge in [-0.15, -0.1) is 0 Å². The first kappa shape index (κ1) is 30.3. The maximum atomic E-state index is 11.4. The van der Waals surface area contributed by atoms with Gasteiger partial charge in [0.15, 0.2) is 18.6 Å². The molecule has 11 nitrogen and oxygen atoms in total. The van der Waals surface area contributed by atoms with Gasteiger partial charge in [0.1, 0.15) is 12.3 Å². The van der Waals surface area contributed by atoms with Gasteiger partial charge < -0.3 is 37.6 Å². The normalized spacial score (nSPS) is 9.78. The molecule has 1 aromatic heterocycles. The predicted octanol–water partition coefficient (Wildman–Crippen LogP) is 0.169. The average Bonchev–Trinajstić information content (AvgIpc) is 2.85. The van der Waals surface area contributed by atoms with E-state index in [0.29, 0.717) is 23.9 Å². The Bertz CT molecular complexity index is 1020. The van der Waals surface area contributed by atoms with Crippen LogP contribution in [-0.2, 0) is 16.3 Å². The van der Waals surface area contributed by atoms with Crippen molar-refractivity contribution in [2.75, 3.05) is 25.0 Å². The summed E-state index contributed by atoms with van der Waals surface area (Å²) in [6.45, 7) is 0.389. The molecule has 0 radical (unpaired) electrons. The van der Waals surface area contributed by atoms with Gasteiger partial charge in [-0.1, -0.05) is 24.4 Å². The number of hydrogen-bond donors (Lipinski definition) is 4. The van der Waals surface area contributed by atoms with Crippen LogP contribution in [0.2, 0.25) is 5.02 Å². The van der Waals surface area contributed by atoms with E-state index in [1.54, 1.807) is 41.2 Å². The number of aromatic nitrogens is 1. The Kier molecular flexibility index (Phi) is 14.1. The molecule has 194 valence electrons. The lowest BCUT2D eigenvalue weighted by Gasteiger charge is -2.17. The molecular weight excluding hydrogens is 511 g/mol. The van der Waals surface area contributed by atoms with Crippen LogP contribution < -0.4 is 32.3 Å². The molecule has 0 spiro atoms. The number of aliphatic carboxylic acids is 1. The number of amides is 1. The third kappa shape index (κ3) is 12.1. The number of guanidine groups is 1. The minimum Gasteiger partial charge on any atom is -1.00 e. The van der Waals surface area contributed by atoms with Gasteiger partial charge >= 0.3 is 12.1 Å². The molecule has 0 unspecified atom stereocenters. The summed E-state index contributed by atoms with van der Waals surface area (Å²) in [6.07, 6.45) is 7.89. The molecule has 36 heavy (non-hydrogen) atoms. The second kappa shape index (κ2) is 16.8. The number of halogens is 2. The summed E-state index contributed by atoms with van der Waals surface area (Å²) in [6, 6.07) is 10.5. The summed E-state index contributed by atoms with van der Waals surface area (Å²) in [5, 5.41) is 31.6. The Hall–Kier alpha value is -3.75. The van der Waals surface area contributed by atoms with Crippen LogP contribution in [-0.4, -0.2) is 47.7 Å². The first-order valence-electron chi connectivity index (χ1n) is 10.9. The highest BCUT2D eigenvalue weighted by Crippen LogP contribution is 2.16. The van der Waals surface area contributed by atoms with Crippen LogP contribution in [0.5, 0.6) is 5.75 Å². The molecule has 0 saturated heterocycles. The van der Waals surface area contributed by atoms with E-state index in [1.807, 2.05) is 18.3 Å². The Morgan fingerprint density at radius 1 is 1.11 bits per heavy atom. The van der Waals surface area contributed by atoms with Gasteiger partial charge in [-0.2, -0.15) is 9.83 Å². The molecule has 0 saturated carbocycles. The molecule has 13 heteroatoms. The van der Waals surface area contributed by atoms with E-state index in [-0.39, 0.29) is 25.1 Å². The zero-order chi connectivity index (χ0) is 25.5. The molecule has 2 aromatic rings. The zero-order valence-electron chi connectivity index (χ0n) is 19.5. The minimum absolute atomic E-state index is 0. The van der Waals surface area contributed by atoms with Crippen molar-refractivity contribution in [3.63, 3.8) is 0 Å². The van der Waals surface area contributed by atoms with Gasteiger partial charge in [-0.25, -0.2) is 9.69 Å². The molecule has 0 bridgehead atoms. The molecule has 4 N–H and O–H groups in total. The van der Waals surface area contributed by atoms with E-state index in [2.05, 4.69) is 10.6 Å². The SMILES string of the molecule is N#CN(CCCCCCOc1ccc(Cl)cc1)C(=N)Nc1cc[n+](COC(=O)NCC(=O)O)cc1.[Cl-]. The lowest BCUT2D eigenvalue weighted by Crippen LogP contribution is -3.00. The van der Waals surface area contributed by atoms with E-state index >= 15 is 0 Å². The van der Waals surface area contributed by atoms with Crippen LogP contribution in [0, 0.1) is 16.9 Å². The molecule has 0 aliphatic carbocycles. The van der Waals surface area contributed by atoms with Crippen LogP contribution >= 0.6 is 11.6 Å². The molecule has 1 aromatic carbocycles. The lowest BCUT2D eigenvalue weighted by atomic mass is 10.2. The van der Waals surface area contributed by atoms with Crippen molar-refractivity contribution < 1.29 is 41.1 Å². The molecule has 0 fully saturated rings. The first-order chi connectivity index (χ1) is 16.9. The van der Waals surface area contributed by atoms with Crippen LogP contribution in [0.25, 0.3) is 0 Å². The molecule has 1 amide bonds. The van der Waals surface area contributed by atoms with Gasteiger partial charge in [0, 0.05) is 23.7 Å². The van der Waals surface area contributed by atoms with Crippen LogP contribution in [0.3, 0.4) is 0 Å². The number of carboxylic acid groups (broad SMARTS) is 1. The Morgan fingerprint density at radius 2 is 1.78 bits per heavy atom. The fourth-order valence-corrected chi connectivity index (χ4v) is 2.95. The van der Waals surface area contributed by atoms with E-state index in [4.69, 9.17) is 31.6 Å². The van der Waals surface area contributed by atoms with Crippen molar-refractivity contribution in [2.24, 2.45) is 0 Å². The number of nitrogens with one attached hydrogen (secondary N) is 3. The van der Waals surface area contributed by atoms with Crippen molar-refractivity contribution in [1.82, 2.24) is 10.2 Å². The molecule has 0 aliphatic rings. The summed E-state index contributed by atoms with van der Waals surface area (Å²) >= 11 is 5.85. The highest BCUT2D eigenvalue weighted by atomic mass is 35.5. The Labute approximate surface area is 220 Å². The number of unbranched alkanes of at least 4 members (excludes halogenated alkanes) is 3. The number of nitrogens with zero attached hydrogens (tertiary/aromatic N) is 3. The molecule has 0 atom stereocenters. The highest BCUT2D eigenvalue weighted by molar-refractivity contribution is 6.30. The maximum absolute atomic E-state index is 11.4. The maximum Gasteiger partial charge on any atom is 0.412 e. The van der Waals surface area contributed by atoms with Crippen LogP contribution in [0.15, 0.2) is 48.8 Å². The Morgan fingerprint density at radius 3 is 2.42 bits per heavy atom. The summed E-state index contributed by atoms with van der Waals surface area (Å²) in [7, 11) is 0. The smallest absolute Gasteiger partial charge is 0.412 e. The van der Waals surface area contributed by atoms with Gasteiger partial charge in [-0.3, -0.25) is 10.2 Å². The fraction of sp³-hybridized carbons (Fsp3) is 0.348. The number of nitriles is 1. The van der Waals surface area contributed by atoms with Crippen LogP contribution in [0.4, 0.5) is 10.5 Å². The summed E-state index contributed by atoms with van der Waals surface area (Å²) in [5.74, 6) is -0.427. The number of rotatable bonds is 13. The summed E-state index contributed by atoms with van der Waals surface area (Å²) < 4.78 is 12.1. The number of carbonyl (C=O) groups excluding carboxylic acids is 1. The average molecular weight is 539 g/mol. The quantitative estimate of drug-likeness (QED) is 0.0703. The first-order valence-corrected chi connectivity index (χ1v) is 11.3. The fourth-order valence-electron chi connectivity index (χ4n) is 2.82. The van der Waals surface area contributed by atoms with E-state index in [1.165, 1.54) is 4.90 Å². The molecular formula is C23H28Cl2N6O5. The van der Waals surface area contributed by atoms with Gasteiger partial charge in [0.05, 0.1) is 12.3 Å². The number of benzene rings is 1. The Balaban J connectivity index is 0.00000648. The number of anilines is 1. The number of carboxylic acids is 1. The number of ether oxygens (including phenoxy) is 2. The van der Waals surface area contributed by atoms with E-state index in [9.17, 15) is 14.9 Å². The monoisotopic (exact) mass is 538 g/mol. The van der Waals surface area contributed by atoms with Crippen LogP contribution in [0.1, 0.15) is 25.7 Å². The largest absolute Gasteiger partial charge is 1.00 e. The highest BCUT2D eigenvalue weighted by Gasteiger charge is 2.11. The van der Waals surface area contributed by atoms with Crippen molar-refractivity contribution in [1.29, 1.82) is 10.7 Å². The second-order valence-corrected chi connectivity index (χ2v) is 7.79. The second-order valence-electron chi connectivity index (χ2n) is 7.35. The standard InChI is InChI=1S/C23H27ClN6O5.ClH/c24-18-5-7-20(8-6-18)34-14-4-2-1-3-11-30(16-25)22(26)28-19-9-12-29(13-10-19)17-35-23(33)27-15-21(31)32;/h5-10,12-13,26H,1-4,11,14-15,17H2,(H2,27,31,32,33);1H. The minimum atomic E-state index is -1.17. The third-order valence-corrected chi connectivity index (χ3v) is 4.88. The van der Waals surface area contributed by atoms with Crippen molar-refractivity contribution >= 4 is 35.3 Å². The lowest BCUT2D eigenvalue weighted by molar-refractivity contribution is -0.727. The van der Waals surface area contributed by atoms with Crippen molar-refractivity contribution in [2.45, 2.75) is 32.4 Å². The third-order valence-electron chi connectivity index (χ3n) is 4.63. The van der Waals surface area contributed by atoms with Gasteiger partial charge in [-0.05, 0) is 37.1 Å². The topological polar surface area (TPSA) is 152 Å². The molecule has 2 rings (SSSR count). The summed E-state index contributed by atoms with van der Waals surface area (Å²) in [5.41, 5.74) is 0.584.